The third-order valence-electron chi connectivity index (χ3n) is 2.81. The number of amides is 1. The number of hydrogen-bond donors (Lipinski definition) is 1. The minimum absolute atomic E-state index is 0.266. The molecule has 2 rings (SSSR count). The van der Waals surface area contributed by atoms with E-state index >= 15 is 0 Å². The highest BCUT2D eigenvalue weighted by atomic mass is 79.9. The maximum Gasteiger partial charge on any atom is 0.417 e. The second-order valence-corrected chi connectivity index (χ2v) is 5.43. The minimum atomic E-state index is -4.59. The van der Waals surface area contributed by atoms with Crippen LogP contribution >= 0.6 is 15.9 Å². The molecule has 0 fully saturated rings. The van der Waals surface area contributed by atoms with E-state index in [0.717, 1.165) is 17.7 Å². The van der Waals surface area contributed by atoms with Gasteiger partial charge in [0.15, 0.2) is 0 Å². The van der Waals surface area contributed by atoms with Gasteiger partial charge in [-0.2, -0.15) is 13.2 Å². The Morgan fingerprint density at radius 1 is 1.14 bits per heavy atom. The molecule has 2 nitrogen and oxygen atoms in total. The van der Waals surface area contributed by atoms with E-state index in [0.29, 0.717) is 5.69 Å². The van der Waals surface area contributed by atoms with Crippen LogP contribution in [0.4, 0.5) is 18.9 Å². The van der Waals surface area contributed by atoms with Crippen LogP contribution in [0.1, 0.15) is 21.5 Å². The summed E-state index contributed by atoms with van der Waals surface area (Å²) in [5, 5.41) is 2.48. The first-order valence-electron chi connectivity index (χ1n) is 6.02. The number of aryl methyl sites for hydroxylation is 1. The molecule has 0 saturated heterocycles. The molecule has 2 aromatic rings. The van der Waals surface area contributed by atoms with Gasteiger partial charge in [0.2, 0.25) is 0 Å². The van der Waals surface area contributed by atoms with Crippen molar-refractivity contribution in [1.29, 1.82) is 0 Å². The van der Waals surface area contributed by atoms with Gasteiger partial charge < -0.3 is 5.32 Å². The molecule has 110 valence electrons. The van der Waals surface area contributed by atoms with Crippen LogP contribution in [0, 0.1) is 6.92 Å². The Kier molecular flexibility index (Phi) is 4.37. The molecule has 0 radical (unpaired) electrons. The second-order valence-electron chi connectivity index (χ2n) is 4.51. The molecule has 0 aliphatic heterocycles. The van der Waals surface area contributed by atoms with E-state index in [9.17, 15) is 18.0 Å². The molecule has 0 spiro atoms. The molecule has 0 heterocycles. The number of carbonyl (C=O) groups excluding carboxylic acids is 1. The smallest absolute Gasteiger partial charge is 0.322 e. The molecule has 0 saturated carbocycles. The molecular weight excluding hydrogens is 347 g/mol. The largest absolute Gasteiger partial charge is 0.417 e. The van der Waals surface area contributed by atoms with E-state index in [1.807, 2.05) is 13.0 Å². The second kappa shape index (κ2) is 5.89. The van der Waals surface area contributed by atoms with E-state index < -0.39 is 23.2 Å². The van der Waals surface area contributed by atoms with Gasteiger partial charge in [-0.15, -0.1) is 0 Å². The quantitative estimate of drug-likeness (QED) is 0.802. The maximum atomic E-state index is 13.0. The van der Waals surface area contributed by atoms with Crippen LogP contribution in [0.5, 0.6) is 0 Å². The Balaban J connectivity index is 2.35. The van der Waals surface area contributed by atoms with Gasteiger partial charge in [-0.3, -0.25) is 4.79 Å². The van der Waals surface area contributed by atoms with Gasteiger partial charge in [-0.1, -0.05) is 28.1 Å². The van der Waals surface area contributed by atoms with Crippen LogP contribution in [0.3, 0.4) is 0 Å². The van der Waals surface area contributed by atoms with E-state index in [-0.39, 0.29) is 4.47 Å². The summed E-state index contributed by atoms with van der Waals surface area (Å²) < 4.78 is 39.2. The maximum absolute atomic E-state index is 13.0. The lowest BCUT2D eigenvalue weighted by Crippen LogP contribution is -2.18. The molecule has 0 aromatic heterocycles. The fourth-order valence-corrected chi connectivity index (χ4v) is 2.23. The lowest BCUT2D eigenvalue weighted by molar-refractivity contribution is -0.137. The van der Waals surface area contributed by atoms with Crippen molar-refractivity contribution in [1.82, 2.24) is 0 Å². The number of alkyl halides is 3. The number of anilines is 1. The predicted molar refractivity (Wildman–Crippen MR) is 78.3 cm³/mol. The normalized spacial score (nSPS) is 11.3. The molecule has 0 bridgehead atoms. The highest BCUT2D eigenvalue weighted by Crippen LogP contribution is 2.34. The third-order valence-corrected chi connectivity index (χ3v) is 3.30. The molecule has 0 atom stereocenters. The summed E-state index contributed by atoms with van der Waals surface area (Å²) in [4.78, 5) is 12.1. The molecule has 2 aromatic carbocycles. The molecule has 0 aliphatic rings. The molecule has 1 N–H and O–H groups in total. The van der Waals surface area contributed by atoms with Crippen molar-refractivity contribution >= 4 is 27.5 Å². The van der Waals surface area contributed by atoms with Gasteiger partial charge in [0.25, 0.3) is 5.91 Å². The zero-order chi connectivity index (χ0) is 15.6. The minimum Gasteiger partial charge on any atom is -0.322 e. The predicted octanol–water partition coefficient (Wildman–Crippen LogP) is 5.03. The standard InChI is InChI=1S/C15H11BrF3NO/c1-9-3-2-4-11(7-9)20-14(21)12-6-5-10(16)8-13(12)15(17,18)19/h2-8H,1H3,(H,20,21). The number of nitrogens with one attached hydrogen (secondary N) is 1. The Labute approximate surface area is 128 Å². The SMILES string of the molecule is Cc1cccc(NC(=O)c2ccc(Br)cc2C(F)(F)F)c1. The van der Waals surface area contributed by atoms with Crippen LogP contribution in [-0.2, 0) is 6.18 Å². The zero-order valence-electron chi connectivity index (χ0n) is 11.0. The molecule has 21 heavy (non-hydrogen) atoms. The average molecular weight is 358 g/mol. The monoisotopic (exact) mass is 357 g/mol. The summed E-state index contributed by atoms with van der Waals surface area (Å²) in [6.45, 7) is 1.83. The first-order valence-corrected chi connectivity index (χ1v) is 6.81. The van der Waals surface area contributed by atoms with Crippen molar-refractivity contribution in [2.24, 2.45) is 0 Å². The number of hydrogen-bond acceptors (Lipinski definition) is 1. The molecule has 0 aliphatic carbocycles. The number of rotatable bonds is 2. The first kappa shape index (κ1) is 15.6. The summed E-state index contributed by atoms with van der Waals surface area (Å²) in [5.41, 5.74) is -0.0232. The van der Waals surface area contributed by atoms with E-state index in [4.69, 9.17) is 0 Å². The number of halogens is 4. The zero-order valence-corrected chi connectivity index (χ0v) is 12.5. The van der Waals surface area contributed by atoms with E-state index in [1.165, 1.54) is 6.07 Å². The fourth-order valence-electron chi connectivity index (χ4n) is 1.87. The van der Waals surface area contributed by atoms with Gasteiger partial charge >= 0.3 is 6.18 Å². The van der Waals surface area contributed by atoms with E-state index in [2.05, 4.69) is 21.2 Å². The Bertz CT molecular complexity index is 683. The lowest BCUT2D eigenvalue weighted by Gasteiger charge is -2.13. The number of carbonyl (C=O) groups is 1. The van der Waals surface area contributed by atoms with Crippen LogP contribution in [0.2, 0.25) is 0 Å². The Hall–Kier alpha value is -1.82. The topological polar surface area (TPSA) is 29.1 Å². The Morgan fingerprint density at radius 3 is 2.48 bits per heavy atom. The van der Waals surface area contributed by atoms with Gasteiger partial charge in [-0.05, 0) is 42.8 Å². The van der Waals surface area contributed by atoms with Crippen molar-refractivity contribution in [3.8, 4) is 0 Å². The summed E-state index contributed by atoms with van der Waals surface area (Å²) in [7, 11) is 0. The summed E-state index contributed by atoms with van der Waals surface area (Å²) >= 11 is 2.98. The summed E-state index contributed by atoms with van der Waals surface area (Å²) in [5.74, 6) is -0.791. The lowest BCUT2D eigenvalue weighted by atomic mass is 10.1. The molecule has 0 unspecified atom stereocenters. The van der Waals surface area contributed by atoms with Crippen LogP contribution in [-0.4, -0.2) is 5.91 Å². The van der Waals surface area contributed by atoms with Crippen molar-refractivity contribution in [2.75, 3.05) is 5.32 Å². The van der Waals surface area contributed by atoms with Crippen molar-refractivity contribution in [3.63, 3.8) is 0 Å². The fraction of sp³-hybridized carbons (Fsp3) is 0.133. The molecule has 1 amide bonds. The van der Waals surface area contributed by atoms with Gasteiger partial charge in [0, 0.05) is 10.2 Å². The van der Waals surface area contributed by atoms with Gasteiger partial charge in [0.1, 0.15) is 0 Å². The average Bonchev–Trinajstić information content (AvgIpc) is 2.37. The third kappa shape index (κ3) is 3.85. The van der Waals surface area contributed by atoms with E-state index in [1.54, 1.807) is 18.2 Å². The Morgan fingerprint density at radius 2 is 1.86 bits per heavy atom. The van der Waals surface area contributed by atoms with Crippen LogP contribution < -0.4 is 5.32 Å². The van der Waals surface area contributed by atoms with Crippen molar-refractivity contribution < 1.29 is 18.0 Å². The molecule has 6 heteroatoms. The van der Waals surface area contributed by atoms with Crippen molar-refractivity contribution in [2.45, 2.75) is 13.1 Å². The summed E-state index contributed by atoms with van der Waals surface area (Å²) in [6.07, 6.45) is -4.59. The van der Waals surface area contributed by atoms with Gasteiger partial charge in [0.05, 0.1) is 11.1 Å². The van der Waals surface area contributed by atoms with Crippen LogP contribution in [0.25, 0.3) is 0 Å². The van der Waals surface area contributed by atoms with Crippen LogP contribution in [0.15, 0.2) is 46.9 Å². The summed E-state index contributed by atoms with van der Waals surface area (Å²) in [6, 6.07) is 10.3. The first-order chi connectivity index (χ1) is 9.77. The highest BCUT2D eigenvalue weighted by Gasteiger charge is 2.35. The number of benzene rings is 2. The van der Waals surface area contributed by atoms with Gasteiger partial charge in [-0.25, -0.2) is 0 Å². The van der Waals surface area contributed by atoms with Crippen molar-refractivity contribution in [3.05, 3.63) is 63.6 Å². The highest BCUT2D eigenvalue weighted by molar-refractivity contribution is 9.10. The molecular formula is C15H11BrF3NO.